The van der Waals surface area contributed by atoms with Crippen LogP contribution in [0.3, 0.4) is 0 Å². The normalized spacial score (nSPS) is 10.0. The van der Waals surface area contributed by atoms with Gasteiger partial charge in [-0.25, -0.2) is 0 Å². The molecule has 0 radical (unpaired) electrons. The fraction of sp³-hybridized carbons (Fsp3) is 0.188. The van der Waals surface area contributed by atoms with Crippen LogP contribution in [-0.2, 0) is 0 Å². The van der Waals surface area contributed by atoms with Gasteiger partial charge in [0.05, 0.1) is 14.2 Å². The monoisotopic (exact) mass is 287 g/mol. The molecular formula is C16H17NO4. The van der Waals surface area contributed by atoms with E-state index in [0.717, 1.165) is 0 Å². The Labute approximate surface area is 123 Å². The third-order valence-corrected chi connectivity index (χ3v) is 2.93. The van der Waals surface area contributed by atoms with Gasteiger partial charge in [0.1, 0.15) is 5.75 Å². The molecule has 0 aliphatic rings. The fourth-order valence-electron chi connectivity index (χ4n) is 1.85. The zero-order valence-electron chi connectivity index (χ0n) is 12.0. The average Bonchev–Trinajstić information content (AvgIpc) is 2.52. The number of rotatable bonds is 6. The Balaban J connectivity index is 2.06. The molecule has 21 heavy (non-hydrogen) atoms. The first-order chi connectivity index (χ1) is 10.1. The minimum absolute atomic E-state index is 0.0705. The number of methoxy groups -OCH3 is 2. The van der Waals surface area contributed by atoms with Crippen molar-refractivity contribution in [2.45, 2.75) is 0 Å². The first-order valence-corrected chi connectivity index (χ1v) is 6.37. The molecule has 5 nitrogen and oxygen atoms in total. The van der Waals surface area contributed by atoms with Crippen molar-refractivity contribution < 1.29 is 19.0 Å². The standard InChI is InChI=1S/C16H17NO4/c1-19-15-7-6-11(8-16(15)20-2)14(18)10-21-13-5-3-4-12(17)9-13/h3-9H,10,17H2,1-2H3. The maximum Gasteiger partial charge on any atom is 0.200 e. The summed E-state index contributed by atoms with van der Waals surface area (Å²) in [5.41, 5.74) is 6.74. The Morgan fingerprint density at radius 3 is 2.48 bits per heavy atom. The Morgan fingerprint density at radius 2 is 1.81 bits per heavy atom. The van der Waals surface area contributed by atoms with E-state index in [1.54, 1.807) is 49.6 Å². The molecule has 0 atom stereocenters. The van der Waals surface area contributed by atoms with Crippen molar-refractivity contribution in [1.29, 1.82) is 0 Å². The van der Waals surface area contributed by atoms with Crippen molar-refractivity contribution in [3.63, 3.8) is 0 Å². The molecule has 0 aliphatic carbocycles. The van der Waals surface area contributed by atoms with E-state index in [4.69, 9.17) is 19.9 Å². The molecule has 110 valence electrons. The molecule has 2 rings (SSSR count). The predicted molar refractivity (Wildman–Crippen MR) is 80.2 cm³/mol. The van der Waals surface area contributed by atoms with Crippen molar-refractivity contribution in [2.24, 2.45) is 0 Å². The molecule has 0 aliphatic heterocycles. The number of hydrogen-bond donors (Lipinski definition) is 1. The Hall–Kier alpha value is -2.69. The highest BCUT2D eigenvalue weighted by Crippen LogP contribution is 2.27. The second-order valence-electron chi connectivity index (χ2n) is 4.35. The zero-order chi connectivity index (χ0) is 15.2. The van der Waals surface area contributed by atoms with E-state index in [1.165, 1.54) is 7.11 Å². The third kappa shape index (κ3) is 3.66. The maximum absolute atomic E-state index is 12.1. The van der Waals surface area contributed by atoms with Crippen LogP contribution in [0.2, 0.25) is 0 Å². The summed E-state index contributed by atoms with van der Waals surface area (Å²) < 4.78 is 15.7. The number of anilines is 1. The SMILES string of the molecule is COc1ccc(C(=O)COc2cccc(N)c2)cc1OC. The summed E-state index contributed by atoms with van der Waals surface area (Å²) in [5, 5.41) is 0. The molecule has 0 bridgehead atoms. The lowest BCUT2D eigenvalue weighted by atomic mass is 10.1. The molecule has 0 saturated heterocycles. The van der Waals surface area contributed by atoms with Gasteiger partial charge in [-0.15, -0.1) is 0 Å². The van der Waals surface area contributed by atoms with E-state index in [0.29, 0.717) is 28.5 Å². The summed E-state index contributed by atoms with van der Waals surface area (Å²) in [6.45, 7) is -0.0705. The number of nitrogen functional groups attached to an aromatic ring is 1. The number of Topliss-reactive ketones (excluding diaryl/α,β-unsaturated/α-hetero) is 1. The number of benzene rings is 2. The lowest BCUT2D eigenvalue weighted by molar-refractivity contribution is 0.0921. The van der Waals surface area contributed by atoms with E-state index >= 15 is 0 Å². The molecule has 0 saturated carbocycles. The van der Waals surface area contributed by atoms with Crippen LogP contribution in [0, 0.1) is 0 Å². The number of ether oxygens (including phenoxy) is 3. The second kappa shape index (κ2) is 6.65. The highest BCUT2D eigenvalue weighted by atomic mass is 16.5. The molecule has 0 aromatic heterocycles. The summed E-state index contributed by atoms with van der Waals surface area (Å²) in [5.74, 6) is 1.49. The van der Waals surface area contributed by atoms with E-state index in [1.807, 2.05) is 0 Å². The fourth-order valence-corrected chi connectivity index (χ4v) is 1.85. The molecule has 2 N–H and O–H groups in total. The van der Waals surface area contributed by atoms with Crippen LogP contribution in [-0.4, -0.2) is 26.6 Å². The van der Waals surface area contributed by atoms with Gasteiger partial charge in [-0.3, -0.25) is 4.79 Å². The van der Waals surface area contributed by atoms with Crippen LogP contribution in [0.25, 0.3) is 0 Å². The number of nitrogens with two attached hydrogens (primary N) is 1. The number of ketones is 1. The van der Waals surface area contributed by atoms with Gasteiger partial charge in [-0.1, -0.05) is 6.07 Å². The predicted octanol–water partition coefficient (Wildman–Crippen LogP) is 2.55. The molecule has 2 aromatic carbocycles. The molecule has 0 spiro atoms. The van der Waals surface area contributed by atoms with Crippen LogP contribution in [0.1, 0.15) is 10.4 Å². The van der Waals surface area contributed by atoms with E-state index in [9.17, 15) is 4.79 Å². The summed E-state index contributed by atoms with van der Waals surface area (Å²) in [7, 11) is 3.07. The van der Waals surface area contributed by atoms with Crippen LogP contribution in [0.4, 0.5) is 5.69 Å². The zero-order valence-corrected chi connectivity index (χ0v) is 12.0. The van der Waals surface area contributed by atoms with Gasteiger partial charge in [-0.2, -0.15) is 0 Å². The Morgan fingerprint density at radius 1 is 1.05 bits per heavy atom. The number of carbonyl (C=O) groups excluding carboxylic acids is 1. The summed E-state index contributed by atoms with van der Waals surface area (Å²) >= 11 is 0. The van der Waals surface area contributed by atoms with Crippen molar-refractivity contribution in [1.82, 2.24) is 0 Å². The van der Waals surface area contributed by atoms with Crippen molar-refractivity contribution in [2.75, 3.05) is 26.6 Å². The lowest BCUT2D eigenvalue weighted by Crippen LogP contribution is -2.12. The minimum atomic E-state index is -0.154. The molecule has 0 unspecified atom stereocenters. The van der Waals surface area contributed by atoms with Gasteiger partial charge in [0, 0.05) is 17.3 Å². The second-order valence-corrected chi connectivity index (χ2v) is 4.35. The van der Waals surface area contributed by atoms with Crippen LogP contribution >= 0.6 is 0 Å². The van der Waals surface area contributed by atoms with Gasteiger partial charge in [-0.05, 0) is 30.3 Å². The number of carbonyl (C=O) groups is 1. The smallest absolute Gasteiger partial charge is 0.200 e. The van der Waals surface area contributed by atoms with Crippen LogP contribution in [0.5, 0.6) is 17.2 Å². The van der Waals surface area contributed by atoms with Crippen molar-refractivity contribution in [3.05, 3.63) is 48.0 Å². The first kappa shape index (κ1) is 14.7. The summed E-state index contributed by atoms with van der Waals surface area (Å²) in [6, 6.07) is 11.9. The Kier molecular flexibility index (Phi) is 4.66. The third-order valence-electron chi connectivity index (χ3n) is 2.93. The maximum atomic E-state index is 12.1. The van der Waals surface area contributed by atoms with Crippen molar-refractivity contribution in [3.8, 4) is 17.2 Å². The van der Waals surface area contributed by atoms with Crippen LogP contribution in [0.15, 0.2) is 42.5 Å². The van der Waals surface area contributed by atoms with Crippen LogP contribution < -0.4 is 19.9 Å². The van der Waals surface area contributed by atoms with E-state index < -0.39 is 0 Å². The topological polar surface area (TPSA) is 70.8 Å². The molecule has 0 heterocycles. The highest BCUT2D eigenvalue weighted by Gasteiger charge is 2.11. The van der Waals surface area contributed by atoms with Gasteiger partial charge in [0.25, 0.3) is 0 Å². The summed E-state index contributed by atoms with van der Waals surface area (Å²) in [6.07, 6.45) is 0. The molecule has 0 amide bonds. The van der Waals surface area contributed by atoms with Gasteiger partial charge in [0.2, 0.25) is 0 Å². The van der Waals surface area contributed by atoms with Gasteiger partial charge in [0.15, 0.2) is 23.9 Å². The molecular weight excluding hydrogens is 270 g/mol. The Bertz CT molecular complexity index is 640. The quantitative estimate of drug-likeness (QED) is 0.653. The lowest BCUT2D eigenvalue weighted by Gasteiger charge is -2.10. The van der Waals surface area contributed by atoms with E-state index in [2.05, 4.69) is 0 Å². The number of hydrogen-bond acceptors (Lipinski definition) is 5. The average molecular weight is 287 g/mol. The first-order valence-electron chi connectivity index (χ1n) is 6.37. The summed E-state index contributed by atoms with van der Waals surface area (Å²) in [4.78, 5) is 12.1. The molecule has 2 aromatic rings. The highest BCUT2D eigenvalue weighted by molar-refractivity contribution is 5.97. The van der Waals surface area contributed by atoms with Crippen molar-refractivity contribution >= 4 is 11.5 Å². The molecule has 0 fully saturated rings. The van der Waals surface area contributed by atoms with Gasteiger partial charge < -0.3 is 19.9 Å². The largest absolute Gasteiger partial charge is 0.493 e. The van der Waals surface area contributed by atoms with E-state index in [-0.39, 0.29) is 12.4 Å². The minimum Gasteiger partial charge on any atom is -0.493 e. The van der Waals surface area contributed by atoms with Gasteiger partial charge >= 0.3 is 0 Å². The molecule has 5 heteroatoms.